The quantitative estimate of drug-likeness (QED) is 0.813. The first kappa shape index (κ1) is 11.1. The lowest BCUT2D eigenvalue weighted by atomic mass is 9.93. The predicted octanol–water partition coefficient (Wildman–Crippen LogP) is 0.883. The maximum Gasteiger partial charge on any atom is 0.309 e. The third kappa shape index (κ3) is 1.72. The van der Waals surface area contributed by atoms with Gasteiger partial charge in [-0.3, -0.25) is 9.59 Å². The molecule has 0 radical (unpaired) electrons. The van der Waals surface area contributed by atoms with Crippen LogP contribution in [0, 0.1) is 5.92 Å². The van der Waals surface area contributed by atoms with Gasteiger partial charge in [0.25, 0.3) is 0 Å². The Hall–Kier alpha value is -2.04. The topological polar surface area (TPSA) is 75.6 Å². The summed E-state index contributed by atoms with van der Waals surface area (Å²) >= 11 is 0. The molecule has 5 nitrogen and oxygen atoms in total. The standard InChI is InChI=1S/C13H13NO4/c15-11-6-9(13(16)17)12(14-11)8-2-1-7-3-4-18-10(7)5-8/h1-2,5,9,12H,3-4,6H2,(H,14,15)(H,16,17)/t9-,12+/m0/s1. The van der Waals surface area contributed by atoms with Crippen LogP contribution in [0.1, 0.15) is 23.6 Å². The lowest BCUT2D eigenvalue weighted by Crippen LogP contribution is -2.24. The van der Waals surface area contributed by atoms with Crippen molar-refractivity contribution in [3.05, 3.63) is 29.3 Å². The number of hydrogen-bond donors (Lipinski definition) is 2. The van der Waals surface area contributed by atoms with Crippen molar-refractivity contribution < 1.29 is 19.4 Å². The van der Waals surface area contributed by atoms with Gasteiger partial charge in [0.1, 0.15) is 5.75 Å². The number of carboxylic acid groups (broad SMARTS) is 1. The van der Waals surface area contributed by atoms with Gasteiger partial charge >= 0.3 is 5.97 Å². The summed E-state index contributed by atoms with van der Waals surface area (Å²) < 4.78 is 5.46. The number of amides is 1. The van der Waals surface area contributed by atoms with Crippen LogP contribution in [-0.4, -0.2) is 23.6 Å². The van der Waals surface area contributed by atoms with Gasteiger partial charge in [0.15, 0.2) is 0 Å². The average Bonchev–Trinajstić information content (AvgIpc) is 2.93. The predicted molar refractivity (Wildman–Crippen MR) is 62.3 cm³/mol. The fourth-order valence-corrected chi connectivity index (χ4v) is 2.57. The molecule has 94 valence electrons. The molecule has 2 atom stereocenters. The molecule has 2 N–H and O–H groups in total. The molecule has 0 aliphatic carbocycles. The molecular weight excluding hydrogens is 234 g/mol. The number of fused-ring (bicyclic) bond motifs is 1. The van der Waals surface area contributed by atoms with Gasteiger partial charge in [0, 0.05) is 12.8 Å². The van der Waals surface area contributed by atoms with Crippen LogP contribution in [0.25, 0.3) is 0 Å². The van der Waals surface area contributed by atoms with Gasteiger partial charge in [0.2, 0.25) is 5.91 Å². The summed E-state index contributed by atoms with van der Waals surface area (Å²) in [5, 5.41) is 11.9. The van der Waals surface area contributed by atoms with E-state index in [1.807, 2.05) is 18.2 Å². The first-order chi connectivity index (χ1) is 8.65. The Morgan fingerprint density at radius 1 is 1.44 bits per heavy atom. The summed E-state index contributed by atoms with van der Waals surface area (Å²) in [5.74, 6) is -1.05. The van der Waals surface area contributed by atoms with Crippen LogP contribution in [0.5, 0.6) is 5.75 Å². The highest BCUT2D eigenvalue weighted by molar-refractivity contribution is 5.87. The molecule has 3 rings (SSSR count). The van der Waals surface area contributed by atoms with E-state index < -0.39 is 17.9 Å². The molecule has 0 spiro atoms. The molecule has 5 heteroatoms. The van der Waals surface area contributed by atoms with E-state index in [-0.39, 0.29) is 12.3 Å². The monoisotopic (exact) mass is 247 g/mol. The third-order valence-electron chi connectivity index (χ3n) is 3.52. The summed E-state index contributed by atoms with van der Waals surface area (Å²) in [6.45, 7) is 0.665. The van der Waals surface area contributed by atoms with Crippen molar-refractivity contribution in [2.75, 3.05) is 6.61 Å². The van der Waals surface area contributed by atoms with E-state index in [9.17, 15) is 9.59 Å². The molecule has 0 unspecified atom stereocenters. The minimum absolute atomic E-state index is 0.0396. The molecule has 0 bridgehead atoms. The number of benzene rings is 1. The maximum absolute atomic E-state index is 11.4. The minimum atomic E-state index is -0.945. The van der Waals surface area contributed by atoms with E-state index in [4.69, 9.17) is 9.84 Å². The van der Waals surface area contributed by atoms with Crippen LogP contribution in [0.15, 0.2) is 18.2 Å². The summed E-state index contributed by atoms with van der Waals surface area (Å²) in [5.41, 5.74) is 1.93. The summed E-state index contributed by atoms with van der Waals surface area (Å²) in [6.07, 6.45) is 0.924. The van der Waals surface area contributed by atoms with E-state index >= 15 is 0 Å². The molecule has 2 aliphatic rings. The van der Waals surface area contributed by atoms with E-state index in [0.29, 0.717) is 6.61 Å². The number of hydrogen-bond acceptors (Lipinski definition) is 3. The van der Waals surface area contributed by atoms with Crippen molar-refractivity contribution in [2.45, 2.75) is 18.9 Å². The van der Waals surface area contributed by atoms with Crippen LogP contribution in [0.3, 0.4) is 0 Å². The molecule has 1 amide bonds. The van der Waals surface area contributed by atoms with Crippen LogP contribution >= 0.6 is 0 Å². The van der Waals surface area contributed by atoms with Crippen LogP contribution < -0.4 is 10.1 Å². The highest BCUT2D eigenvalue weighted by Crippen LogP contribution is 2.34. The van der Waals surface area contributed by atoms with Crippen LogP contribution in [-0.2, 0) is 16.0 Å². The van der Waals surface area contributed by atoms with Gasteiger partial charge in [-0.2, -0.15) is 0 Å². The van der Waals surface area contributed by atoms with Gasteiger partial charge in [-0.25, -0.2) is 0 Å². The molecular formula is C13H13NO4. The SMILES string of the molecule is O=C1C[C@H](C(=O)O)[C@@H](c2ccc3c(c2)OCC3)N1. The zero-order chi connectivity index (χ0) is 12.7. The molecule has 1 fully saturated rings. The highest BCUT2D eigenvalue weighted by Gasteiger charge is 2.38. The van der Waals surface area contributed by atoms with Crippen molar-refractivity contribution in [2.24, 2.45) is 5.92 Å². The van der Waals surface area contributed by atoms with Crippen molar-refractivity contribution in [1.29, 1.82) is 0 Å². The third-order valence-corrected chi connectivity index (χ3v) is 3.52. The van der Waals surface area contributed by atoms with E-state index in [0.717, 1.165) is 23.3 Å². The van der Waals surface area contributed by atoms with E-state index in [2.05, 4.69) is 5.32 Å². The Morgan fingerprint density at radius 3 is 3.06 bits per heavy atom. The fraction of sp³-hybridized carbons (Fsp3) is 0.385. The molecule has 2 heterocycles. The molecule has 1 saturated heterocycles. The Bertz CT molecular complexity index is 526. The van der Waals surface area contributed by atoms with Crippen LogP contribution in [0.4, 0.5) is 0 Å². The first-order valence-electron chi connectivity index (χ1n) is 5.93. The number of rotatable bonds is 2. The number of carboxylic acids is 1. The van der Waals surface area contributed by atoms with E-state index in [1.54, 1.807) is 0 Å². The largest absolute Gasteiger partial charge is 0.493 e. The first-order valence-corrected chi connectivity index (χ1v) is 5.93. The maximum atomic E-state index is 11.4. The van der Waals surface area contributed by atoms with Crippen molar-refractivity contribution >= 4 is 11.9 Å². The normalized spacial score (nSPS) is 25.4. The summed E-state index contributed by atoms with van der Waals surface area (Å²) in [6, 6.07) is 5.21. The number of aliphatic carboxylic acids is 1. The van der Waals surface area contributed by atoms with Gasteiger partial charge in [0.05, 0.1) is 18.6 Å². The lowest BCUT2D eigenvalue weighted by molar-refractivity contribution is -0.142. The van der Waals surface area contributed by atoms with Crippen molar-refractivity contribution in [1.82, 2.24) is 5.32 Å². The Kier molecular flexibility index (Phi) is 2.47. The highest BCUT2D eigenvalue weighted by atomic mass is 16.5. The second-order valence-electron chi connectivity index (χ2n) is 4.66. The Balaban J connectivity index is 1.94. The van der Waals surface area contributed by atoms with Gasteiger partial charge < -0.3 is 15.2 Å². The second kappa shape index (κ2) is 4.01. The Morgan fingerprint density at radius 2 is 2.28 bits per heavy atom. The molecule has 18 heavy (non-hydrogen) atoms. The molecule has 0 saturated carbocycles. The smallest absolute Gasteiger partial charge is 0.309 e. The van der Waals surface area contributed by atoms with Gasteiger partial charge in [-0.15, -0.1) is 0 Å². The zero-order valence-electron chi connectivity index (χ0n) is 9.68. The molecule has 2 aliphatic heterocycles. The zero-order valence-corrected chi connectivity index (χ0v) is 9.68. The lowest BCUT2D eigenvalue weighted by Gasteiger charge is -2.16. The molecule has 1 aromatic rings. The molecule has 0 aromatic heterocycles. The number of nitrogens with one attached hydrogen (secondary N) is 1. The average molecular weight is 247 g/mol. The Labute approximate surface area is 104 Å². The fourth-order valence-electron chi connectivity index (χ4n) is 2.57. The van der Waals surface area contributed by atoms with Crippen molar-refractivity contribution in [3.63, 3.8) is 0 Å². The van der Waals surface area contributed by atoms with Crippen molar-refractivity contribution in [3.8, 4) is 5.75 Å². The summed E-state index contributed by atoms with van der Waals surface area (Å²) in [7, 11) is 0. The number of ether oxygens (including phenoxy) is 1. The summed E-state index contributed by atoms with van der Waals surface area (Å²) in [4.78, 5) is 22.5. The minimum Gasteiger partial charge on any atom is -0.493 e. The van der Waals surface area contributed by atoms with Gasteiger partial charge in [-0.1, -0.05) is 12.1 Å². The van der Waals surface area contributed by atoms with Crippen LogP contribution in [0.2, 0.25) is 0 Å². The molecule has 1 aromatic carbocycles. The number of carbonyl (C=O) groups excluding carboxylic acids is 1. The number of carbonyl (C=O) groups is 2. The second-order valence-corrected chi connectivity index (χ2v) is 4.66. The van der Waals surface area contributed by atoms with Gasteiger partial charge in [-0.05, 0) is 17.2 Å². The van der Waals surface area contributed by atoms with E-state index in [1.165, 1.54) is 0 Å².